The molecule has 1 aliphatic heterocycles. The molecule has 1 saturated heterocycles. The van der Waals surface area contributed by atoms with Crippen molar-refractivity contribution in [2.75, 3.05) is 23.3 Å². The van der Waals surface area contributed by atoms with Crippen molar-refractivity contribution < 1.29 is 4.79 Å². The summed E-state index contributed by atoms with van der Waals surface area (Å²) in [7, 11) is 0. The number of benzene rings is 1. The predicted octanol–water partition coefficient (Wildman–Crippen LogP) is 3.60. The second kappa shape index (κ2) is 7.18. The fourth-order valence-corrected chi connectivity index (χ4v) is 3.11. The van der Waals surface area contributed by atoms with Gasteiger partial charge >= 0.3 is 0 Å². The molecule has 2 heterocycles. The lowest BCUT2D eigenvalue weighted by atomic mass is 9.97. The van der Waals surface area contributed by atoms with Gasteiger partial charge in [0.15, 0.2) is 0 Å². The Morgan fingerprint density at radius 1 is 1.33 bits per heavy atom. The molecule has 0 spiro atoms. The summed E-state index contributed by atoms with van der Waals surface area (Å²) in [5.41, 5.74) is 2.60. The summed E-state index contributed by atoms with van der Waals surface area (Å²) in [5.74, 6) is 0.644. The second-order valence-electron chi connectivity index (χ2n) is 6.18. The number of halogens is 1. The minimum absolute atomic E-state index is 0.0257. The first kappa shape index (κ1) is 16.7. The maximum atomic E-state index is 12.7. The van der Waals surface area contributed by atoms with Gasteiger partial charge in [-0.3, -0.25) is 4.79 Å². The van der Waals surface area contributed by atoms with Gasteiger partial charge in [-0.2, -0.15) is 0 Å². The van der Waals surface area contributed by atoms with Crippen LogP contribution in [0, 0.1) is 19.8 Å². The lowest BCUT2D eigenvalue weighted by Gasteiger charge is -2.32. The highest BCUT2D eigenvalue weighted by molar-refractivity contribution is 6.31. The lowest BCUT2D eigenvalue weighted by Crippen LogP contribution is -2.41. The quantitative estimate of drug-likeness (QED) is 0.924. The molecule has 0 unspecified atom stereocenters. The fourth-order valence-electron chi connectivity index (χ4n) is 2.94. The van der Waals surface area contributed by atoms with Gasteiger partial charge in [0.2, 0.25) is 11.9 Å². The molecule has 126 valence electrons. The molecule has 1 aromatic carbocycles. The number of nitrogens with zero attached hydrogens (tertiary/aromatic N) is 3. The molecule has 0 radical (unpaired) electrons. The minimum Gasteiger partial charge on any atom is -0.340 e. The molecule has 1 amide bonds. The number of carbonyl (C=O) groups is 1. The van der Waals surface area contributed by atoms with Crippen molar-refractivity contribution in [2.24, 2.45) is 5.92 Å². The summed E-state index contributed by atoms with van der Waals surface area (Å²) in [6.45, 7) is 5.37. The zero-order valence-electron chi connectivity index (χ0n) is 13.9. The standard InChI is InChI=1S/C18H21ClN4O/c1-12-8-9-20-18(21-12)23-10-4-5-14(11-23)17(24)22-16-7-3-6-15(19)13(16)2/h3,6-9,14H,4-5,10-11H2,1-2H3,(H,22,24)/t14-/m1/s1. The average molecular weight is 345 g/mol. The van der Waals surface area contributed by atoms with E-state index in [0.717, 1.165) is 36.3 Å². The smallest absolute Gasteiger partial charge is 0.229 e. The van der Waals surface area contributed by atoms with Crippen molar-refractivity contribution in [3.8, 4) is 0 Å². The second-order valence-corrected chi connectivity index (χ2v) is 6.59. The topological polar surface area (TPSA) is 58.1 Å². The third-order valence-corrected chi connectivity index (χ3v) is 4.79. The number of carbonyl (C=O) groups excluding carboxylic acids is 1. The zero-order chi connectivity index (χ0) is 17.1. The monoisotopic (exact) mass is 344 g/mol. The number of nitrogens with one attached hydrogen (secondary N) is 1. The van der Waals surface area contributed by atoms with E-state index in [1.807, 2.05) is 38.1 Å². The molecule has 1 fully saturated rings. The molecule has 1 atom stereocenters. The first-order valence-corrected chi connectivity index (χ1v) is 8.53. The largest absolute Gasteiger partial charge is 0.340 e. The number of hydrogen-bond donors (Lipinski definition) is 1. The molecular weight excluding hydrogens is 324 g/mol. The maximum absolute atomic E-state index is 12.7. The van der Waals surface area contributed by atoms with Gasteiger partial charge in [0, 0.05) is 35.7 Å². The van der Waals surface area contributed by atoms with E-state index in [1.165, 1.54) is 0 Å². The Balaban J connectivity index is 1.70. The van der Waals surface area contributed by atoms with E-state index in [2.05, 4.69) is 20.2 Å². The summed E-state index contributed by atoms with van der Waals surface area (Å²) in [4.78, 5) is 23.5. The van der Waals surface area contributed by atoms with Crippen LogP contribution in [0.2, 0.25) is 5.02 Å². The van der Waals surface area contributed by atoms with Gasteiger partial charge in [-0.25, -0.2) is 9.97 Å². The van der Waals surface area contributed by atoms with Crippen LogP contribution >= 0.6 is 11.6 Å². The Morgan fingerprint density at radius 3 is 2.96 bits per heavy atom. The van der Waals surface area contributed by atoms with Crippen LogP contribution in [-0.2, 0) is 4.79 Å². The van der Waals surface area contributed by atoms with Crippen LogP contribution in [0.1, 0.15) is 24.1 Å². The summed E-state index contributed by atoms with van der Waals surface area (Å²) < 4.78 is 0. The van der Waals surface area contributed by atoms with Crippen LogP contribution < -0.4 is 10.2 Å². The Labute approximate surface area is 147 Å². The maximum Gasteiger partial charge on any atom is 0.229 e. The number of amides is 1. The van der Waals surface area contributed by atoms with Crippen LogP contribution in [0.25, 0.3) is 0 Å². The molecule has 0 bridgehead atoms. The van der Waals surface area contributed by atoms with Gasteiger partial charge in [-0.1, -0.05) is 17.7 Å². The van der Waals surface area contributed by atoms with Gasteiger partial charge < -0.3 is 10.2 Å². The normalized spacial score (nSPS) is 17.6. The first-order valence-electron chi connectivity index (χ1n) is 8.15. The number of anilines is 2. The van der Waals surface area contributed by atoms with Crippen molar-refractivity contribution >= 4 is 29.1 Å². The summed E-state index contributed by atoms with van der Waals surface area (Å²) in [5, 5.41) is 3.67. The van der Waals surface area contributed by atoms with E-state index in [0.29, 0.717) is 17.5 Å². The van der Waals surface area contributed by atoms with Crippen LogP contribution in [0.5, 0.6) is 0 Å². The van der Waals surface area contributed by atoms with Crippen molar-refractivity contribution in [1.82, 2.24) is 9.97 Å². The highest BCUT2D eigenvalue weighted by Crippen LogP contribution is 2.25. The van der Waals surface area contributed by atoms with Crippen molar-refractivity contribution in [1.29, 1.82) is 0 Å². The molecule has 1 aliphatic rings. The number of aryl methyl sites for hydroxylation is 1. The highest BCUT2D eigenvalue weighted by Gasteiger charge is 2.27. The third kappa shape index (κ3) is 3.67. The zero-order valence-corrected chi connectivity index (χ0v) is 14.7. The molecule has 0 saturated carbocycles. The Hall–Kier alpha value is -2.14. The SMILES string of the molecule is Cc1ccnc(N2CCC[C@@H](C(=O)Nc3cccc(Cl)c3C)C2)n1. The summed E-state index contributed by atoms with van der Waals surface area (Å²) in [6.07, 6.45) is 3.58. The van der Waals surface area contributed by atoms with E-state index in [9.17, 15) is 4.79 Å². The molecule has 24 heavy (non-hydrogen) atoms. The number of piperidine rings is 1. The Morgan fingerprint density at radius 2 is 2.17 bits per heavy atom. The van der Waals surface area contributed by atoms with E-state index in [4.69, 9.17) is 11.6 Å². The highest BCUT2D eigenvalue weighted by atomic mass is 35.5. The third-order valence-electron chi connectivity index (χ3n) is 4.38. The number of aromatic nitrogens is 2. The molecule has 6 heteroatoms. The average Bonchev–Trinajstić information content (AvgIpc) is 2.59. The lowest BCUT2D eigenvalue weighted by molar-refractivity contribution is -0.120. The van der Waals surface area contributed by atoms with Crippen LogP contribution in [-0.4, -0.2) is 29.0 Å². The van der Waals surface area contributed by atoms with Crippen molar-refractivity contribution in [3.05, 3.63) is 46.7 Å². The van der Waals surface area contributed by atoms with Crippen LogP contribution in [0.15, 0.2) is 30.5 Å². The van der Waals surface area contributed by atoms with Gasteiger partial charge in [-0.15, -0.1) is 0 Å². The van der Waals surface area contributed by atoms with Crippen LogP contribution in [0.4, 0.5) is 11.6 Å². The van der Waals surface area contributed by atoms with Gasteiger partial charge in [0.05, 0.1) is 5.92 Å². The van der Waals surface area contributed by atoms with Crippen LogP contribution in [0.3, 0.4) is 0 Å². The van der Waals surface area contributed by atoms with Crippen molar-refractivity contribution in [2.45, 2.75) is 26.7 Å². The minimum atomic E-state index is -0.0822. The summed E-state index contributed by atoms with van der Waals surface area (Å²) in [6, 6.07) is 7.42. The van der Waals surface area contributed by atoms with Gasteiger partial charge in [0.1, 0.15) is 0 Å². The Bertz CT molecular complexity index is 750. The molecule has 0 aliphatic carbocycles. The Kier molecular flexibility index (Phi) is 5.00. The molecule has 1 aromatic heterocycles. The molecular formula is C18H21ClN4O. The molecule has 5 nitrogen and oxygen atoms in total. The number of rotatable bonds is 3. The number of hydrogen-bond acceptors (Lipinski definition) is 4. The van der Waals surface area contributed by atoms with E-state index in [1.54, 1.807) is 6.20 Å². The van der Waals surface area contributed by atoms with E-state index < -0.39 is 0 Å². The van der Waals surface area contributed by atoms with Crippen molar-refractivity contribution in [3.63, 3.8) is 0 Å². The predicted molar refractivity (Wildman–Crippen MR) is 96.5 cm³/mol. The molecule has 2 aromatic rings. The van der Waals surface area contributed by atoms with E-state index in [-0.39, 0.29) is 11.8 Å². The van der Waals surface area contributed by atoms with Gasteiger partial charge in [0.25, 0.3) is 0 Å². The van der Waals surface area contributed by atoms with Gasteiger partial charge in [-0.05, 0) is 50.5 Å². The molecule has 1 N–H and O–H groups in total. The summed E-state index contributed by atoms with van der Waals surface area (Å²) >= 11 is 6.13. The fraction of sp³-hybridized carbons (Fsp3) is 0.389. The molecule has 3 rings (SSSR count). The van der Waals surface area contributed by atoms with E-state index >= 15 is 0 Å². The first-order chi connectivity index (χ1) is 11.5.